The number of hydrogen-bond donors (Lipinski definition) is 3. The van der Waals surface area contributed by atoms with Crippen LogP contribution in [-0.2, 0) is 28.8 Å². The Morgan fingerprint density at radius 1 is 0.881 bits per heavy atom. The van der Waals surface area contributed by atoms with E-state index in [1.54, 1.807) is 12.1 Å². The number of halogens is 1. The number of amides is 4. The minimum Gasteiger partial charge on any atom is -0.503 e. The fourth-order valence-corrected chi connectivity index (χ4v) is 7.70. The molecule has 2 heterocycles. The topological polar surface area (TPSA) is 179 Å². The molecule has 224 valence electrons. The van der Waals surface area contributed by atoms with Crippen LogP contribution >= 0.6 is 15.9 Å². The molecule has 5 rings (SSSR count). The van der Waals surface area contributed by atoms with E-state index in [0.717, 1.165) is 15.4 Å². The smallest absolute Gasteiger partial charge is 0.303 e. The second-order valence-electron chi connectivity index (χ2n) is 11.2. The summed E-state index contributed by atoms with van der Waals surface area (Å²) < 4.78 is 5.67. The van der Waals surface area contributed by atoms with Gasteiger partial charge in [0.25, 0.3) is 0 Å². The molecule has 0 radical (unpaired) electrons. The third-order valence-electron chi connectivity index (χ3n) is 9.01. The molecular weight excluding hydrogens is 616 g/mol. The van der Waals surface area contributed by atoms with Crippen LogP contribution in [0.5, 0.6) is 11.5 Å². The molecule has 2 saturated heterocycles. The van der Waals surface area contributed by atoms with Gasteiger partial charge in [-0.15, -0.1) is 0 Å². The zero-order valence-electron chi connectivity index (χ0n) is 22.8. The van der Waals surface area contributed by atoms with Crippen molar-refractivity contribution in [2.75, 3.05) is 20.2 Å². The van der Waals surface area contributed by atoms with E-state index in [0.29, 0.717) is 10.0 Å². The third-order valence-corrected chi connectivity index (χ3v) is 9.61. The van der Waals surface area contributed by atoms with Crippen molar-refractivity contribution in [2.24, 2.45) is 29.6 Å². The summed E-state index contributed by atoms with van der Waals surface area (Å²) in [7, 11) is 1.39. The van der Waals surface area contributed by atoms with Crippen LogP contribution in [-0.4, -0.2) is 80.9 Å². The van der Waals surface area contributed by atoms with Gasteiger partial charge in [0.05, 0.1) is 35.3 Å². The number of aliphatic carboxylic acids is 2. The summed E-state index contributed by atoms with van der Waals surface area (Å²) in [6.45, 7) is -0.0534. The molecule has 4 aliphatic rings. The number of allylic oxidation sites excluding steroid dienone is 2. The number of nitrogens with zero attached hydrogens (tertiary/aromatic N) is 2. The molecule has 1 saturated carbocycles. The summed E-state index contributed by atoms with van der Waals surface area (Å²) in [5.74, 6) is -7.85. The lowest BCUT2D eigenvalue weighted by atomic mass is 9.57. The summed E-state index contributed by atoms with van der Waals surface area (Å²) in [5, 5.41) is 28.5. The van der Waals surface area contributed by atoms with Gasteiger partial charge < -0.3 is 20.1 Å². The summed E-state index contributed by atoms with van der Waals surface area (Å²) >= 11 is 3.34. The van der Waals surface area contributed by atoms with Crippen LogP contribution < -0.4 is 4.74 Å². The number of aromatic hydroxyl groups is 1. The lowest BCUT2D eigenvalue weighted by Crippen LogP contribution is -2.43. The molecule has 4 amide bonds. The van der Waals surface area contributed by atoms with Gasteiger partial charge in [0.15, 0.2) is 11.5 Å². The van der Waals surface area contributed by atoms with E-state index >= 15 is 0 Å². The SMILES string of the molecule is COc1cc(C2C3=CCC4C(=O)N(CCCC(=O)O)C(=O)C4C3CC3C(=O)N(CCCC(=O)O)C(=O)C32)cc(Br)c1O. The maximum atomic E-state index is 13.8. The quantitative estimate of drug-likeness (QED) is 0.253. The first-order valence-corrected chi connectivity index (χ1v) is 14.7. The van der Waals surface area contributed by atoms with E-state index in [1.165, 1.54) is 7.11 Å². The first kappa shape index (κ1) is 29.7. The standard InChI is InChI=1S/C29H31BrN2O10/c1-42-19-11-13(10-18(30)25(19)37)22-14-6-7-15-23(28(40)31(26(15)38)8-2-4-20(33)34)16(14)12-17-24(22)29(41)32(27(17)39)9-3-5-21(35)36/h6,10-11,15-17,22-24,37H,2-5,7-9,12H2,1H3,(H,33,34)(H,35,36). The second kappa shape index (κ2) is 11.5. The molecule has 0 spiro atoms. The Morgan fingerprint density at radius 2 is 1.45 bits per heavy atom. The lowest BCUT2D eigenvalue weighted by Gasteiger charge is -2.44. The molecule has 3 N–H and O–H groups in total. The first-order valence-electron chi connectivity index (χ1n) is 13.9. The lowest BCUT2D eigenvalue weighted by molar-refractivity contribution is -0.143. The Morgan fingerprint density at radius 3 is 2.02 bits per heavy atom. The average Bonchev–Trinajstić information content (AvgIpc) is 3.33. The third kappa shape index (κ3) is 4.97. The molecule has 12 nitrogen and oxygen atoms in total. The normalized spacial score (nSPS) is 28.4. The fraction of sp³-hybridized carbons (Fsp3) is 0.517. The average molecular weight is 647 g/mol. The van der Waals surface area contributed by atoms with Crippen molar-refractivity contribution in [3.63, 3.8) is 0 Å². The van der Waals surface area contributed by atoms with E-state index in [-0.39, 0.29) is 69.0 Å². The Balaban J connectivity index is 1.55. The van der Waals surface area contributed by atoms with Crippen molar-refractivity contribution in [1.29, 1.82) is 0 Å². The number of methoxy groups -OCH3 is 1. The molecule has 2 aliphatic carbocycles. The van der Waals surface area contributed by atoms with Crippen molar-refractivity contribution in [3.8, 4) is 11.5 Å². The van der Waals surface area contributed by atoms with Crippen LogP contribution in [0, 0.1) is 29.6 Å². The van der Waals surface area contributed by atoms with Gasteiger partial charge in [-0.2, -0.15) is 0 Å². The Kier molecular flexibility index (Phi) is 8.15. The number of carboxylic acids is 2. The van der Waals surface area contributed by atoms with Crippen LogP contribution in [0.2, 0.25) is 0 Å². The first-order chi connectivity index (χ1) is 20.0. The number of carboxylic acid groups (broad SMARTS) is 2. The fourth-order valence-electron chi connectivity index (χ4n) is 7.24. The van der Waals surface area contributed by atoms with Crippen molar-refractivity contribution >= 4 is 51.5 Å². The van der Waals surface area contributed by atoms with Crippen molar-refractivity contribution in [1.82, 2.24) is 9.80 Å². The Bertz CT molecular complexity index is 1410. The number of phenolic OH excluding ortho intramolecular Hbond substituents is 1. The number of imide groups is 2. The predicted molar refractivity (Wildman–Crippen MR) is 147 cm³/mol. The number of rotatable bonds is 10. The maximum Gasteiger partial charge on any atom is 0.303 e. The van der Waals surface area contributed by atoms with E-state index in [1.807, 2.05) is 6.08 Å². The highest BCUT2D eigenvalue weighted by Crippen LogP contribution is 2.58. The summed E-state index contributed by atoms with van der Waals surface area (Å²) in [6, 6.07) is 3.25. The summed E-state index contributed by atoms with van der Waals surface area (Å²) in [6.07, 6.45) is 2.16. The molecule has 6 unspecified atom stereocenters. The summed E-state index contributed by atoms with van der Waals surface area (Å²) in [5.41, 5.74) is 1.35. The van der Waals surface area contributed by atoms with Gasteiger partial charge in [-0.25, -0.2) is 0 Å². The second-order valence-corrected chi connectivity index (χ2v) is 12.1. The highest BCUT2D eigenvalue weighted by molar-refractivity contribution is 9.10. The molecule has 13 heteroatoms. The van der Waals surface area contributed by atoms with Crippen LogP contribution in [0.1, 0.15) is 50.0 Å². The number of hydrogen-bond acceptors (Lipinski definition) is 8. The minimum atomic E-state index is -1.04. The summed E-state index contributed by atoms with van der Waals surface area (Å²) in [4.78, 5) is 78.8. The van der Waals surface area contributed by atoms with Crippen LogP contribution in [0.15, 0.2) is 28.3 Å². The molecule has 1 aromatic carbocycles. The number of carbonyl (C=O) groups is 6. The van der Waals surface area contributed by atoms with Gasteiger partial charge in [0.2, 0.25) is 23.6 Å². The highest BCUT2D eigenvalue weighted by Gasteiger charge is 2.61. The van der Waals surface area contributed by atoms with Crippen molar-refractivity contribution in [3.05, 3.63) is 33.8 Å². The molecule has 0 aromatic heterocycles. The van der Waals surface area contributed by atoms with Crippen molar-refractivity contribution < 1.29 is 48.8 Å². The maximum absolute atomic E-state index is 13.8. The highest BCUT2D eigenvalue weighted by atomic mass is 79.9. The zero-order chi connectivity index (χ0) is 30.5. The zero-order valence-corrected chi connectivity index (χ0v) is 24.4. The molecule has 2 aliphatic heterocycles. The largest absolute Gasteiger partial charge is 0.503 e. The number of benzene rings is 1. The van der Waals surface area contributed by atoms with Gasteiger partial charge in [0.1, 0.15) is 0 Å². The Labute approximate surface area is 249 Å². The Hall–Kier alpha value is -3.74. The van der Waals surface area contributed by atoms with Crippen molar-refractivity contribution in [2.45, 2.75) is 44.4 Å². The van der Waals surface area contributed by atoms with Crippen LogP contribution in [0.3, 0.4) is 0 Å². The van der Waals surface area contributed by atoms with Gasteiger partial charge in [-0.3, -0.25) is 38.6 Å². The van der Waals surface area contributed by atoms with E-state index in [9.17, 15) is 33.9 Å². The van der Waals surface area contributed by atoms with Gasteiger partial charge in [-0.1, -0.05) is 11.6 Å². The van der Waals surface area contributed by atoms with E-state index < -0.39 is 65.2 Å². The predicted octanol–water partition coefficient (Wildman–Crippen LogP) is 2.53. The number of carbonyl (C=O) groups excluding carboxylic acids is 4. The van der Waals surface area contributed by atoms with Crippen LogP contribution in [0.25, 0.3) is 0 Å². The molecule has 6 atom stereocenters. The van der Waals surface area contributed by atoms with E-state index in [2.05, 4.69) is 15.9 Å². The monoisotopic (exact) mass is 646 g/mol. The molecule has 0 bridgehead atoms. The number of likely N-dealkylation sites (tertiary alicyclic amines) is 2. The van der Waals surface area contributed by atoms with Crippen LogP contribution in [0.4, 0.5) is 0 Å². The number of fused-ring (bicyclic) bond motifs is 4. The van der Waals surface area contributed by atoms with E-state index in [4.69, 9.17) is 14.9 Å². The van der Waals surface area contributed by atoms with Gasteiger partial charge in [-0.05, 0) is 65.2 Å². The van der Waals surface area contributed by atoms with Gasteiger partial charge in [0, 0.05) is 31.8 Å². The molecular formula is C29H31BrN2O10. The molecule has 3 fully saturated rings. The number of phenols is 1. The van der Waals surface area contributed by atoms with Gasteiger partial charge >= 0.3 is 11.9 Å². The molecule has 1 aromatic rings. The molecule has 42 heavy (non-hydrogen) atoms. The number of ether oxygens (including phenoxy) is 1. The minimum absolute atomic E-state index is 0.00855.